The Labute approximate surface area is 246 Å². The second-order valence-electron chi connectivity index (χ2n) is 10.6. The zero-order chi connectivity index (χ0) is 30.8. The van der Waals surface area contributed by atoms with Crippen molar-refractivity contribution in [2.75, 3.05) is 31.5 Å². The van der Waals surface area contributed by atoms with Gasteiger partial charge < -0.3 is 19.3 Å². The van der Waals surface area contributed by atoms with E-state index in [9.17, 15) is 26.7 Å². The molecule has 4 rings (SSSR count). The number of sulfonamides is 2. The van der Waals surface area contributed by atoms with Gasteiger partial charge in [-0.3, -0.25) is 9.52 Å². The minimum atomic E-state index is -4.05. The van der Waals surface area contributed by atoms with E-state index in [1.165, 1.54) is 49.5 Å². The fourth-order valence-electron chi connectivity index (χ4n) is 4.90. The molecule has 0 saturated carbocycles. The lowest BCUT2D eigenvalue weighted by atomic mass is 10.0. The Kier molecular flexibility index (Phi) is 9.30. The molecule has 14 heteroatoms. The van der Waals surface area contributed by atoms with Crippen LogP contribution in [-0.4, -0.2) is 81.1 Å². The number of likely N-dealkylation sites (N-methyl/N-ethyl adjacent to an activating group) is 1. The molecule has 3 aromatic rings. The van der Waals surface area contributed by atoms with Crippen LogP contribution in [0, 0.1) is 19.8 Å². The van der Waals surface area contributed by atoms with Crippen LogP contribution in [0.15, 0.2) is 62.8 Å². The van der Waals surface area contributed by atoms with Crippen molar-refractivity contribution in [2.24, 2.45) is 5.92 Å². The van der Waals surface area contributed by atoms with Crippen molar-refractivity contribution >= 4 is 31.6 Å². The van der Waals surface area contributed by atoms with Gasteiger partial charge >= 0.3 is 0 Å². The lowest BCUT2D eigenvalue weighted by Gasteiger charge is -2.33. The highest BCUT2D eigenvalue weighted by atomic mass is 32.2. The van der Waals surface area contributed by atoms with Gasteiger partial charge in [0, 0.05) is 30.8 Å². The van der Waals surface area contributed by atoms with Gasteiger partial charge in [-0.15, -0.1) is 0 Å². The summed E-state index contributed by atoms with van der Waals surface area (Å²) in [6.07, 6.45) is -0.811. The first-order valence-corrected chi connectivity index (χ1v) is 16.3. The third kappa shape index (κ3) is 6.61. The highest BCUT2D eigenvalue weighted by Crippen LogP contribution is 2.31. The van der Waals surface area contributed by atoms with Gasteiger partial charge in [-0.05, 0) is 51.1 Å². The Balaban J connectivity index is 1.70. The Morgan fingerprint density at radius 3 is 2.45 bits per heavy atom. The van der Waals surface area contributed by atoms with Gasteiger partial charge in [0.25, 0.3) is 10.0 Å². The minimum absolute atomic E-state index is 0.0200. The molecule has 228 valence electrons. The fourth-order valence-corrected chi connectivity index (χ4v) is 7.48. The molecule has 0 radical (unpaired) electrons. The highest BCUT2D eigenvalue weighted by molar-refractivity contribution is 7.92. The smallest absolute Gasteiger partial charge is 0.267 e. The summed E-state index contributed by atoms with van der Waals surface area (Å²) in [4.78, 5) is 15.1. The van der Waals surface area contributed by atoms with Gasteiger partial charge in [-0.25, -0.2) is 16.8 Å². The zero-order valence-corrected chi connectivity index (χ0v) is 25.8. The Morgan fingerprint density at radius 2 is 1.83 bits per heavy atom. The van der Waals surface area contributed by atoms with E-state index in [0.717, 1.165) is 0 Å². The normalized spacial score (nSPS) is 18.9. The molecule has 0 aliphatic carbocycles. The first-order valence-electron chi connectivity index (χ1n) is 13.4. The maximum absolute atomic E-state index is 13.5. The number of carbonyl (C=O) groups excluding carboxylic acids is 1. The van der Waals surface area contributed by atoms with Crippen molar-refractivity contribution in [3.63, 3.8) is 0 Å². The number of rotatable bonds is 9. The van der Waals surface area contributed by atoms with E-state index in [-0.39, 0.29) is 64.9 Å². The molecule has 2 N–H and O–H groups in total. The summed E-state index contributed by atoms with van der Waals surface area (Å²) >= 11 is 0. The van der Waals surface area contributed by atoms with Crippen molar-refractivity contribution in [1.29, 1.82) is 0 Å². The summed E-state index contributed by atoms with van der Waals surface area (Å²) in [6, 6.07) is 12.1. The van der Waals surface area contributed by atoms with Crippen molar-refractivity contribution in [3.8, 4) is 5.75 Å². The fraction of sp³-hybridized carbons (Fsp3) is 0.429. The molecule has 1 aliphatic heterocycles. The Bertz CT molecular complexity index is 1620. The standard InChI is InChI=1S/C28H36N4O8S2/c1-18-15-32(19(2)17-33)27(34)14-22-13-23(30-41(35,36)28-20(3)29-40-21(28)4)11-12-25(22)39-26(18)16-31(5)42(37,38)24-9-7-6-8-10-24/h6-13,18-19,26,30,33H,14-17H2,1-5H3/t18-,19+,26-/m0/s1. The van der Waals surface area contributed by atoms with Crippen LogP contribution in [0.5, 0.6) is 5.75 Å². The van der Waals surface area contributed by atoms with Crippen LogP contribution >= 0.6 is 0 Å². The summed E-state index contributed by atoms with van der Waals surface area (Å²) in [7, 11) is -6.41. The van der Waals surface area contributed by atoms with Gasteiger partial charge in [0.1, 0.15) is 17.5 Å². The lowest BCUT2D eigenvalue weighted by Crippen LogP contribution is -2.48. The first-order chi connectivity index (χ1) is 19.7. The SMILES string of the molecule is Cc1noc(C)c1S(=O)(=O)Nc1ccc2c(c1)CC(=O)N([C@H](C)CO)C[C@H](C)[C@H](CN(C)S(=O)(=O)c1ccccc1)O2. The molecule has 2 heterocycles. The molecule has 12 nitrogen and oxygen atoms in total. The number of hydrogen-bond acceptors (Lipinski definition) is 9. The maximum atomic E-state index is 13.5. The molecule has 0 spiro atoms. The average molecular weight is 621 g/mol. The topological polar surface area (TPSA) is 159 Å². The Hall–Kier alpha value is -3.46. The Morgan fingerprint density at radius 1 is 1.14 bits per heavy atom. The number of ether oxygens (including phenoxy) is 1. The number of anilines is 1. The van der Waals surface area contributed by atoms with Crippen molar-refractivity contribution in [1.82, 2.24) is 14.4 Å². The molecule has 0 saturated heterocycles. The van der Waals surface area contributed by atoms with Gasteiger partial charge in [-0.1, -0.05) is 30.3 Å². The number of fused-ring (bicyclic) bond motifs is 1. The number of nitrogens with one attached hydrogen (secondary N) is 1. The monoisotopic (exact) mass is 620 g/mol. The quantitative estimate of drug-likeness (QED) is 0.367. The molecule has 1 aromatic heterocycles. The number of carbonyl (C=O) groups is 1. The van der Waals surface area contributed by atoms with E-state index in [0.29, 0.717) is 11.3 Å². The minimum Gasteiger partial charge on any atom is -0.488 e. The number of amides is 1. The molecule has 0 bridgehead atoms. The van der Waals surface area contributed by atoms with Gasteiger partial charge in [0.05, 0.1) is 30.5 Å². The van der Waals surface area contributed by atoms with E-state index in [2.05, 4.69) is 9.88 Å². The number of hydrogen-bond donors (Lipinski definition) is 2. The van der Waals surface area contributed by atoms with Crippen LogP contribution in [0.4, 0.5) is 5.69 Å². The molecule has 2 aromatic carbocycles. The molecule has 42 heavy (non-hydrogen) atoms. The second-order valence-corrected chi connectivity index (χ2v) is 14.2. The van der Waals surface area contributed by atoms with Crippen LogP contribution in [0.3, 0.4) is 0 Å². The summed E-state index contributed by atoms with van der Waals surface area (Å²) in [5.41, 5.74) is 0.808. The summed E-state index contributed by atoms with van der Waals surface area (Å²) in [5.74, 6) is -0.157. The predicted octanol–water partition coefficient (Wildman–Crippen LogP) is 2.56. The first kappa shape index (κ1) is 31.5. The van der Waals surface area contributed by atoms with E-state index < -0.39 is 32.2 Å². The van der Waals surface area contributed by atoms with Crippen molar-refractivity contribution in [3.05, 3.63) is 65.5 Å². The van der Waals surface area contributed by atoms with Crippen LogP contribution in [-0.2, 0) is 31.3 Å². The number of aryl methyl sites for hydroxylation is 2. The van der Waals surface area contributed by atoms with Gasteiger partial charge in [0.15, 0.2) is 10.7 Å². The number of nitrogens with zero attached hydrogens (tertiary/aromatic N) is 3. The molecule has 0 unspecified atom stereocenters. The number of benzene rings is 2. The van der Waals surface area contributed by atoms with E-state index in [4.69, 9.17) is 9.26 Å². The average Bonchev–Trinajstić information content (AvgIpc) is 3.31. The largest absolute Gasteiger partial charge is 0.488 e. The summed E-state index contributed by atoms with van der Waals surface area (Å²) < 4.78 is 67.9. The summed E-state index contributed by atoms with van der Waals surface area (Å²) in [6.45, 7) is 6.52. The van der Waals surface area contributed by atoms with Crippen LogP contribution < -0.4 is 9.46 Å². The lowest BCUT2D eigenvalue weighted by molar-refractivity contribution is -0.134. The molecule has 0 fully saturated rings. The molecule has 3 atom stereocenters. The predicted molar refractivity (Wildman–Crippen MR) is 155 cm³/mol. The van der Waals surface area contributed by atoms with Crippen LogP contribution in [0.1, 0.15) is 30.9 Å². The van der Waals surface area contributed by atoms with Crippen LogP contribution in [0.25, 0.3) is 0 Å². The van der Waals surface area contributed by atoms with Crippen molar-refractivity contribution < 1.29 is 36.0 Å². The number of aliphatic hydroxyl groups excluding tert-OH is 1. The van der Waals surface area contributed by atoms with E-state index in [1.807, 2.05) is 6.92 Å². The zero-order valence-electron chi connectivity index (χ0n) is 24.1. The summed E-state index contributed by atoms with van der Waals surface area (Å²) in [5, 5.41) is 13.6. The third-order valence-corrected chi connectivity index (χ3v) is 10.8. The maximum Gasteiger partial charge on any atom is 0.267 e. The van der Waals surface area contributed by atoms with E-state index >= 15 is 0 Å². The third-order valence-electron chi connectivity index (χ3n) is 7.29. The molecule has 1 amide bonds. The van der Waals surface area contributed by atoms with Crippen LogP contribution in [0.2, 0.25) is 0 Å². The molecular formula is C28H36N4O8S2. The molecule has 1 aliphatic rings. The van der Waals surface area contributed by atoms with Crippen molar-refractivity contribution in [2.45, 2.75) is 56.1 Å². The van der Waals surface area contributed by atoms with E-state index in [1.54, 1.807) is 36.1 Å². The number of aliphatic hydroxyl groups is 1. The molecular weight excluding hydrogens is 584 g/mol. The number of aromatic nitrogens is 1. The highest BCUT2D eigenvalue weighted by Gasteiger charge is 2.34. The van der Waals surface area contributed by atoms with Gasteiger partial charge in [0.2, 0.25) is 15.9 Å². The van der Waals surface area contributed by atoms with Gasteiger partial charge in [-0.2, -0.15) is 4.31 Å². The second kappa shape index (κ2) is 12.4.